The second kappa shape index (κ2) is 5.04. The molecule has 18 heavy (non-hydrogen) atoms. The molecular weight excluding hydrogens is 226 g/mol. The van der Waals surface area contributed by atoms with Gasteiger partial charge in [-0.1, -0.05) is 25.1 Å². The molecule has 4 heteroatoms. The summed E-state index contributed by atoms with van der Waals surface area (Å²) in [5, 5.41) is 9.80. The third-order valence-corrected chi connectivity index (χ3v) is 3.00. The normalized spacial score (nSPS) is 10.4. The van der Waals surface area contributed by atoms with Crippen LogP contribution in [0.15, 0.2) is 24.3 Å². The summed E-state index contributed by atoms with van der Waals surface area (Å²) < 4.78 is 0. The van der Waals surface area contributed by atoms with Crippen LogP contribution >= 0.6 is 0 Å². The average molecular weight is 243 g/mol. The van der Waals surface area contributed by atoms with Crippen LogP contribution in [0, 0.1) is 13.8 Å². The van der Waals surface area contributed by atoms with E-state index in [1.807, 2.05) is 38.1 Å². The summed E-state index contributed by atoms with van der Waals surface area (Å²) in [4.78, 5) is 12.2. The lowest BCUT2D eigenvalue weighted by Crippen LogP contribution is -2.14. The molecule has 1 aromatic heterocycles. The summed E-state index contributed by atoms with van der Waals surface area (Å²) in [5.74, 6) is -0.111. The Balaban J connectivity index is 2.27. The van der Waals surface area contributed by atoms with E-state index in [4.69, 9.17) is 0 Å². The number of H-pyrrole nitrogens is 1. The number of para-hydroxylation sites is 1. The van der Waals surface area contributed by atoms with Gasteiger partial charge in [0.2, 0.25) is 0 Å². The molecular formula is C14H17N3O. The van der Waals surface area contributed by atoms with Gasteiger partial charge in [0.1, 0.15) is 0 Å². The first-order valence-corrected chi connectivity index (χ1v) is 6.04. The summed E-state index contributed by atoms with van der Waals surface area (Å²) in [7, 11) is 0. The minimum atomic E-state index is -0.111. The number of carbonyl (C=O) groups excluding carboxylic acids is 1. The second-order valence-electron chi connectivity index (χ2n) is 4.27. The van der Waals surface area contributed by atoms with Crippen molar-refractivity contribution in [2.45, 2.75) is 27.2 Å². The molecule has 0 unspecified atom stereocenters. The lowest BCUT2D eigenvalue weighted by molar-refractivity contribution is 0.102. The first kappa shape index (κ1) is 12.4. The molecule has 1 heterocycles. The number of nitrogens with one attached hydrogen (secondary N) is 2. The first-order chi connectivity index (χ1) is 8.63. The highest BCUT2D eigenvalue weighted by Gasteiger charge is 2.15. The summed E-state index contributed by atoms with van der Waals surface area (Å²) in [6.07, 6.45) is 0.889. The van der Waals surface area contributed by atoms with Crippen molar-refractivity contribution in [1.29, 1.82) is 0 Å². The van der Waals surface area contributed by atoms with Crippen LogP contribution < -0.4 is 5.32 Å². The zero-order valence-electron chi connectivity index (χ0n) is 10.9. The highest BCUT2D eigenvalue weighted by molar-refractivity contribution is 6.06. The van der Waals surface area contributed by atoms with Gasteiger partial charge in [-0.05, 0) is 31.9 Å². The van der Waals surface area contributed by atoms with Gasteiger partial charge in [0.05, 0.1) is 11.3 Å². The quantitative estimate of drug-likeness (QED) is 0.870. The van der Waals surface area contributed by atoms with Crippen molar-refractivity contribution in [1.82, 2.24) is 10.2 Å². The first-order valence-electron chi connectivity index (χ1n) is 6.04. The van der Waals surface area contributed by atoms with E-state index in [1.165, 1.54) is 0 Å². The third kappa shape index (κ3) is 2.27. The molecule has 0 aliphatic heterocycles. The third-order valence-electron chi connectivity index (χ3n) is 3.00. The van der Waals surface area contributed by atoms with Crippen LogP contribution in [0.25, 0.3) is 0 Å². The molecule has 0 aliphatic carbocycles. The molecule has 0 atom stereocenters. The smallest absolute Gasteiger partial charge is 0.259 e. The van der Waals surface area contributed by atoms with Crippen LogP contribution in [-0.4, -0.2) is 16.1 Å². The zero-order chi connectivity index (χ0) is 13.1. The van der Waals surface area contributed by atoms with Gasteiger partial charge in [-0.15, -0.1) is 0 Å². The average Bonchev–Trinajstić information content (AvgIpc) is 2.69. The van der Waals surface area contributed by atoms with Gasteiger partial charge in [-0.2, -0.15) is 5.10 Å². The molecule has 2 aromatic rings. The van der Waals surface area contributed by atoms with Gasteiger partial charge in [0, 0.05) is 11.4 Å². The van der Waals surface area contributed by atoms with Crippen molar-refractivity contribution in [3.63, 3.8) is 0 Å². The van der Waals surface area contributed by atoms with Gasteiger partial charge < -0.3 is 5.32 Å². The molecule has 0 radical (unpaired) electrons. The van der Waals surface area contributed by atoms with E-state index < -0.39 is 0 Å². The Morgan fingerprint density at radius 2 is 2.06 bits per heavy atom. The maximum absolute atomic E-state index is 12.2. The lowest BCUT2D eigenvalue weighted by atomic mass is 10.1. The second-order valence-corrected chi connectivity index (χ2v) is 4.27. The Morgan fingerprint density at radius 1 is 1.33 bits per heavy atom. The predicted molar refractivity (Wildman–Crippen MR) is 71.8 cm³/mol. The Morgan fingerprint density at radius 3 is 2.67 bits per heavy atom. The number of amides is 1. The molecule has 0 fully saturated rings. The number of aromatic nitrogens is 2. The van der Waals surface area contributed by atoms with E-state index in [1.54, 1.807) is 0 Å². The van der Waals surface area contributed by atoms with Crippen LogP contribution in [0.5, 0.6) is 0 Å². The number of anilines is 1. The number of aryl methyl sites for hydroxylation is 3. The van der Waals surface area contributed by atoms with E-state index in [-0.39, 0.29) is 5.91 Å². The van der Waals surface area contributed by atoms with Crippen LogP contribution in [-0.2, 0) is 6.42 Å². The molecule has 2 rings (SSSR count). The molecule has 0 aliphatic rings. The molecule has 1 amide bonds. The van der Waals surface area contributed by atoms with Crippen LogP contribution in [0.2, 0.25) is 0 Å². The van der Waals surface area contributed by atoms with E-state index >= 15 is 0 Å². The Hall–Kier alpha value is -2.10. The number of aromatic amines is 1. The Kier molecular flexibility index (Phi) is 3.46. The zero-order valence-corrected chi connectivity index (χ0v) is 10.9. The monoisotopic (exact) mass is 243 g/mol. The van der Waals surface area contributed by atoms with Crippen LogP contribution in [0.1, 0.15) is 34.2 Å². The van der Waals surface area contributed by atoms with Crippen molar-refractivity contribution >= 4 is 11.6 Å². The van der Waals surface area contributed by atoms with Crippen molar-refractivity contribution in [3.05, 3.63) is 46.8 Å². The maximum atomic E-state index is 12.2. The van der Waals surface area contributed by atoms with Gasteiger partial charge in [0.25, 0.3) is 5.91 Å². The van der Waals surface area contributed by atoms with Gasteiger partial charge >= 0.3 is 0 Å². The van der Waals surface area contributed by atoms with E-state index in [0.717, 1.165) is 29.1 Å². The SMILES string of the molecule is CCc1ccccc1NC(=O)c1c(C)n[nH]c1C. The fourth-order valence-corrected chi connectivity index (χ4v) is 2.02. The van der Waals surface area contributed by atoms with Crippen molar-refractivity contribution < 1.29 is 4.79 Å². The van der Waals surface area contributed by atoms with Gasteiger partial charge in [0.15, 0.2) is 0 Å². The minimum Gasteiger partial charge on any atom is -0.322 e. The summed E-state index contributed by atoms with van der Waals surface area (Å²) in [6, 6.07) is 7.83. The molecule has 0 spiro atoms. The molecule has 94 valence electrons. The number of benzene rings is 1. The summed E-state index contributed by atoms with van der Waals surface area (Å²) in [5.41, 5.74) is 4.13. The topological polar surface area (TPSA) is 57.8 Å². The maximum Gasteiger partial charge on any atom is 0.259 e. The molecule has 2 N–H and O–H groups in total. The van der Waals surface area contributed by atoms with E-state index in [0.29, 0.717) is 5.56 Å². The summed E-state index contributed by atoms with van der Waals surface area (Å²) in [6.45, 7) is 5.74. The number of rotatable bonds is 3. The fourth-order valence-electron chi connectivity index (χ4n) is 2.02. The van der Waals surface area contributed by atoms with Crippen molar-refractivity contribution in [2.75, 3.05) is 5.32 Å². The lowest BCUT2D eigenvalue weighted by Gasteiger charge is -2.09. The molecule has 0 bridgehead atoms. The Labute approximate surface area is 106 Å². The molecule has 4 nitrogen and oxygen atoms in total. The minimum absolute atomic E-state index is 0.111. The number of hydrogen-bond donors (Lipinski definition) is 2. The summed E-state index contributed by atoms with van der Waals surface area (Å²) >= 11 is 0. The van der Waals surface area contributed by atoms with Crippen molar-refractivity contribution in [3.8, 4) is 0 Å². The molecule has 0 saturated heterocycles. The van der Waals surface area contributed by atoms with Crippen LogP contribution in [0.4, 0.5) is 5.69 Å². The number of nitrogens with zero attached hydrogens (tertiary/aromatic N) is 1. The fraction of sp³-hybridized carbons (Fsp3) is 0.286. The molecule has 0 saturated carbocycles. The van der Waals surface area contributed by atoms with E-state index in [9.17, 15) is 4.79 Å². The predicted octanol–water partition coefficient (Wildman–Crippen LogP) is 2.84. The standard InChI is InChI=1S/C14H17N3O/c1-4-11-7-5-6-8-12(11)15-14(18)13-9(2)16-17-10(13)3/h5-8H,4H2,1-3H3,(H,15,18)(H,16,17). The molecule has 1 aromatic carbocycles. The van der Waals surface area contributed by atoms with Crippen LogP contribution in [0.3, 0.4) is 0 Å². The number of carbonyl (C=O) groups is 1. The van der Waals surface area contributed by atoms with Gasteiger partial charge in [-0.25, -0.2) is 0 Å². The van der Waals surface area contributed by atoms with Crippen molar-refractivity contribution in [2.24, 2.45) is 0 Å². The highest BCUT2D eigenvalue weighted by atomic mass is 16.1. The van der Waals surface area contributed by atoms with Gasteiger partial charge in [-0.3, -0.25) is 9.89 Å². The Bertz CT molecular complexity index is 553. The highest BCUT2D eigenvalue weighted by Crippen LogP contribution is 2.18. The number of hydrogen-bond acceptors (Lipinski definition) is 2. The van der Waals surface area contributed by atoms with E-state index in [2.05, 4.69) is 22.4 Å². The largest absolute Gasteiger partial charge is 0.322 e.